The molecule has 1 aromatic heterocycles. The van der Waals surface area contributed by atoms with Gasteiger partial charge in [0.15, 0.2) is 5.78 Å². The average Bonchev–Trinajstić information content (AvgIpc) is 2.94. The molecular formula is C14H13BrO4. The Balaban J connectivity index is 2.12. The van der Waals surface area contributed by atoms with Crippen molar-refractivity contribution in [2.75, 3.05) is 20.3 Å². The van der Waals surface area contributed by atoms with Crippen LogP contribution in [0.15, 0.2) is 45.7 Å². The highest BCUT2D eigenvalue weighted by Crippen LogP contribution is 2.27. The Labute approximate surface area is 119 Å². The molecule has 0 saturated carbocycles. The van der Waals surface area contributed by atoms with Crippen molar-refractivity contribution in [3.05, 3.63) is 52.4 Å². The molecule has 0 spiro atoms. The van der Waals surface area contributed by atoms with Gasteiger partial charge >= 0.3 is 0 Å². The predicted molar refractivity (Wildman–Crippen MR) is 73.7 cm³/mol. The first-order valence-corrected chi connectivity index (χ1v) is 6.50. The zero-order valence-corrected chi connectivity index (χ0v) is 12.0. The van der Waals surface area contributed by atoms with Crippen LogP contribution >= 0.6 is 15.9 Å². The van der Waals surface area contributed by atoms with E-state index < -0.39 is 0 Å². The smallest absolute Gasteiger partial charge is 0.196 e. The summed E-state index contributed by atoms with van der Waals surface area (Å²) in [5.41, 5.74) is 1.10. The van der Waals surface area contributed by atoms with Gasteiger partial charge in [-0.15, -0.1) is 0 Å². The van der Waals surface area contributed by atoms with E-state index in [9.17, 15) is 4.79 Å². The molecule has 1 aromatic carbocycles. The first kappa shape index (κ1) is 13.8. The maximum atomic E-state index is 12.1. The maximum absolute atomic E-state index is 12.1. The van der Waals surface area contributed by atoms with Gasteiger partial charge in [-0.2, -0.15) is 0 Å². The van der Waals surface area contributed by atoms with Gasteiger partial charge in [-0.05, 0) is 40.2 Å². The van der Waals surface area contributed by atoms with Gasteiger partial charge in [0.25, 0.3) is 0 Å². The summed E-state index contributed by atoms with van der Waals surface area (Å²) < 4.78 is 16.1. The average molecular weight is 325 g/mol. The molecule has 0 unspecified atom stereocenters. The van der Waals surface area contributed by atoms with Crippen LogP contribution in [-0.4, -0.2) is 26.1 Å². The summed E-state index contributed by atoms with van der Waals surface area (Å²) >= 11 is 3.39. The van der Waals surface area contributed by atoms with Crippen LogP contribution in [0.25, 0.3) is 0 Å². The lowest BCUT2D eigenvalue weighted by atomic mass is 10.1. The summed E-state index contributed by atoms with van der Waals surface area (Å²) in [4.78, 5) is 12.1. The van der Waals surface area contributed by atoms with Crippen LogP contribution in [0.2, 0.25) is 0 Å². The van der Waals surface area contributed by atoms with Crippen molar-refractivity contribution in [2.24, 2.45) is 0 Å². The SMILES string of the molecule is COCCOc1ccc(C(=O)c2ccoc2)cc1Br. The summed E-state index contributed by atoms with van der Waals surface area (Å²) in [6.45, 7) is 0.978. The topological polar surface area (TPSA) is 48.7 Å². The zero-order valence-electron chi connectivity index (χ0n) is 10.4. The van der Waals surface area contributed by atoms with E-state index in [-0.39, 0.29) is 5.78 Å². The standard InChI is InChI=1S/C14H13BrO4/c1-17-6-7-19-13-3-2-10(8-12(13)15)14(16)11-4-5-18-9-11/h2-5,8-9H,6-7H2,1H3. The molecule has 0 aliphatic rings. The summed E-state index contributed by atoms with van der Waals surface area (Å²) in [6, 6.07) is 6.85. The van der Waals surface area contributed by atoms with Crippen molar-refractivity contribution in [1.82, 2.24) is 0 Å². The van der Waals surface area contributed by atoms with Gasteiger partial charge in [-0.25, -0.2) is 0 Å². The van der Waals surface area contributed by atoms with E-state index >= 15 is 0 Å². The molecule has 0 N–H and O–H groups in total. The van der Waals surface area contributed by atoms with Gasteiger partial charge in [0.05, 0.1) is 22.9 Å². The fourth-order valence-electron chi connectivity index (χ4n) is 1.55. The second kappa shape index (κ2) is 6.54. The van der Waals surface area contributed by atoms with E-state index in [1.54, 1.807) is 31.4 Å². The monoisotopic (exact) mass is 324 g/mol. The Kier molecular flexibility index (Phi) is 4.76. The maximum Gasteiger partial charge on any atom is 0.196 e. The zero-order chi connectivity index (χ0) is 13.7. The van der Waals surface area contributed by atoms with Crippen molar-refractivity contribution in [2.45, 2.75) is 0 Å². The number of rotatable bonds is 6. The number of carbonyl (C=O) groups excluding carboxylic acids is 1. The summed E-state index contributed by atoms with van der Waals surface area (Å²) in [5.74, 6) is 0.596. The Bertz CT molecular complexity index is 549. The third-order valence-electron chi connectivity index (χ3n) is 2.52. The van der Waals surface area contributed by atoms with Crippen molar-refractivity contribution in [3.63, 3.8) is 0 Å². The number of hydrogen-bond donors (Lipinski definition) is 0. The minimum atomic E-state index is -0.0853. The highest BCUT2D eigenvalue weighted by atomic mass is 79.9. The molecule has 0 aliphatic carbocycles. The van der Waals surface area contributed by atoms with Crippen LogP contribution in [0.3, 0.4) is 0 Å². The first-order chi connectivity index (χ1) is 9.22. The molecule has 0 fully saturated rings. The number of ether oxygens (including phenoxy) is 2. The number of benzene rings is 1. The van der Waals surface area contributed by atoms with Crippen LogP contribution in [-0.2, 0) is 4.74 Å². The highest BCUT2D eigenvalue weighted by molar-refractivity contribution is 9.10. The van der Waals surface area contributed by atoms with E-state index in [4.69, 9.17) is 13.9 Å². The van der Waals surface area contributed by atoms with E-state index in [1.807, 2.05) is 0 Å². The van der Waals surface area contributed by atoms with Crippen molar-refractivity contribution in [3.8, 4) is 5.75 Å². The third-order valence-corrected chi connectivity index (χ3v) is 3.14. The Morgan fingerprint density at radius 1 is 1.26 bits per heavy atom. The normalized spacial score (nSPS) is 10.4. The van der Waals surface area contributed by atoms with Crippen molar-refractivity contribution < 1.29 is 18.7 Å². The van der Waals surface area contributed by atoms with Crippen LogP contribution in [0.4, 0.5) is 0 Å². The number of methoxy groups -OCH3 is 1. The van der Waals surface area contributed by atoms with E-state index in [2.05, 4.69) is 15.9 Å². The number of hydrogen-bond acceptors (Lipinski definition) is 4. The molecule has 5 heteroatoms. The first-order valence-electron chi connectivity index (χ1n) is 5.70. The molecule has 100 valence electrons. The molecular weight excluding hydrogens is 312 g/mol. The third kappa shape index (κ3) is 3.45. The molecule has 0 aliphatic heterocycles. The fourth-order valence-corrected chi connectivity index (χ4v) is 2.05. The molecule has 0 bridgehead atoms. The lowest BCUT2D eigenvalue weighted by Gasteiger charge is -2.08. The molecule has 2 rings (SSSR count). The molecule has 0 radical (unpaired) electrons. The highest BCUT2D eigenvalue weighted by Gasteiger charge is 2.12. The fraction of sp³-hybridized carbons (Fsp3) is 0.214. The van der Waals surface area contributed by atoms with Gasteiger partial charge in [-0.1, -0.05) is 0 Å². The molecule has 19 heavy (non-hydrogen) atoms. The molecule has 0 atom stereocenters. The van der Waals surface area contributed by atoms with Gasteiger partial charge in [-0.3, -0.25) is 4.79 Å². The van der Waals surface area contributed by atoms with Gasteiger partial charge < -0.3 is 13.9 Å². The molecule has 0 saturated heterocycles. The van der Waals surface area contributed by atoms with Crippen LogP contribution in [0, 0.1) is 0 Å². The van der Waals surface area contributed by atoms with E-state index in [0.717, 1.165) is 4.47 Å². The van der Waals surface area contributed by atoms with Crippen molar-refractivity contribution in [1.29, 1.82) is 0 Å². The predicted octanol–water partition coefficient (Wildman–Crippen LogP) is 3.30. The second-order valence-corrected chi connectivity index (χ2v) is 4.68. The van der Waals surface area contributed by atoms with Gasteiger partial charge in [0, 0.05) is 12.7 Å². The van der Waals surface area contributed by atoms with Gasteiger partial charge in [0.1, 0.15) is 18.6 Å². The molecule has 1 heterocycles. The van der Waals surface area contributed by atoms with E-state index in [1.165, 1.54) is 12.5 Å². The second-order valence-electron chi connectivity index (χ2n) is 3.83. The Morgan fingerprint density at radius 3 is 2.74 bits per heavy atom. The Hall–Kier alpha value is -1.59. The molecule has 2 aromatic rings. The van der Waals surface area contributed by atoms with Crippen LogP contribution in [0.1, 0.15) is 15.9 Å². The van der Waals surface area contributed by atoms with Crippen LogP contribution < -0.4 is 4.74 Å². The quantitative estimate of drug-likeness (QED) is 0.604. The minimum absolute atomic E-state index is 0.0853. The van der Waals surface area contributed by atoms with E-state index in [0.29, 0.717) is 30.1 Å². The van der Waals surface area contributed by atoms with Crippen LogP contribution in [0.5, 0.6) is 5.75 Å². The number of ketones is 1. The summed E-state index contributed by atoms with van der Waals surface area (Å²) in [7, 11) is 1.62. The molecule has 0 amide bonds. The lowest BCUT2D eigenvalue weighted by molar-refractivity contribution is 0.103. The molecule has 4 nitrogen and oxygen atoms in total. The largest absolute Gasteiger partial charge is 0.490 e. The van der Waals surface area contributed by atoms with Crippen molar-refractivity contribution >= 4 is 21.7 Å². The number of carbonyl (C=O) groups is 1. The minimum Gasteiger partial charge on any atom is -0.490 e. The number of halogens is 1. The Morgan fingerprint density at radius 2 is 2.11 bits per heavy atom. The summed E-state index contributed by atoms with van der Waals surface area (Å²) in [5, 5.41) is 0. The van der Waals surface area contributed by atoms with Gasteiger partial charge in [0.2, 0.25) is 0 Å². The number of furan rings is 1. The summed E-state index contributed by atoms with van der Waals surface area (Å²) in [6.07, 6.45) is 2.91. The lowest BCUT2D eigenvalue weighted by Crippen LogP contribution is -2.05.